The number of carbonyl (C=O) groups excluding carboxylic acids is 2. The van der Waals surface area contributed by atoms with E-state index in [4.69, 9.17) is 14.2 Å². The lowest BCUT2D eigenvalue weighted by Crippen LogP contribution is -2.39. The number of methoxy groups -OCH3 is 2. The first kappa shape index (κ1) is 28.3. The summed E-state index contributed by atoms with van der Waals surface area (Å²) in [5.41, 5.74) is 3.15. The molecule has 1 N–H and O–H groups in total. The van der Waals surface area contributed by atoms with Crippen LogP contribution < -0.4 is 14.8 Å². The van der Waals surface area contributed by atoms with E-state index in [1.54, 1.807) is 26.4 Å². The zero-order valence-corrected chi connectivity index (χ0v) is 23.1. The van der Waals surface area contributed by atoms with Crippen LogP contribution in [-0.4, -0.2) is 72.2 Å². The van der Waals surface area contributed by atoms with Crippen LogP contribution in [-0.2, 0) is 11.3 Å². The van der Waals surface area contributed by atoms with Gasteiger partial charge in [0.15, 0.2) is 11.5 Å². The number of nitrogens with one attached hydrogen (secondary N) is 1. The van der Waals surface area contributed by atoms with Gasteiger partial charge in [-0.2, -0.15) is 5.10 Å². The van der Waals surface area contributed by atoms with Gasteiger partial charge >= 0.3 is 11.3 Å². The topological polar surface area (TPSA) is 92.7 Å². The summed E-state index contributed by atoms with van der Waals surface area (Å²) in [6.07, 6.45) is -0.494. The predicted octanol–water partition coefficient (Wildman–Crippen LogP) is 5.44. The van der Waals surface area contributed by atoms with E-state index < -0.39 is 6.09 Å². The Labute approximate surface area is 223 Å². The van der Waals surface area contributed by atoms with Crippen LogP contribution in [0, 0.1) is 0 Å². The van der Waals surface area contributed by atoms with Gasteiger partial charge in [0, 0.05) is 35.6 Å². The molecule has 2 aromatic rings. The van der Waals surface area contributed by atoms with Crippen LogP contribution in [0.4, 0.5) is 15.3 Å². The molecule has 2 amide bonds. The van der Waals surface area contributed by atoms with Gasteiger partial charge in [0.2, 0.25) is 0 Å². The Kier molecular flexibility index (Phi) is 10.2. The summed E-state index contributed by atoms with van der Waals surface area (Å²) < 4.78 is 16.0. The number of rotatable bonds is 11. The lowest BCUT2D eigenvalue weighted by Gasteiger charge is -2.30. The van der Waals surface area contributed by atoms with E-state index in [1.807, 2.05) is 30.3 Å². The Morgan fingerprint density at radius 3 is 2.35 bits per heavy atom. The maximum Gasteiger partial charge on any atom is 0.411 e. The van der Waals surface area contributed by atoms with Crippen LogP contribution in [0.3, 0.4) is 0 Å². The lowest BCUT2D eigenvalue weighted by molar-refractivity contribution is 0.111. The molecular formula is C27H36N4O5S. The first-order chi connectivity index (χ1) is 17.7. The van der Waals surface area contributed by atoms with Crippen LogP contribution in [0.5, 0.6) is 11.5 Å². The average Bonchev–Trinajstić information content (AvgIpc) is 2.88. The fourth-order valence-electron chi connectivity index (χ4n) is 4.05. The van der Waals surface area contributed by atoms with Gasteiger partial charge < -0.3 is 14.2 Å². The van der Waals surface area contributed by atoms with E-state index in [2.05, 4.69) is 43.0 Å². The maximum atomic E-state index is 12.5. The van der Waals surface area contributed by atoms with Gasteiger partial charge in [-0.25, -0.2) is 9.80 Å². The highest BCUT2D eigenvalue weighted by atomic mass is 32.2. The standard InChI is InChI=1S/C27H36N4O5S/c1-18(2)30(19(3)4)13-14-36-26(32)28-22-10-7-20(8-11-22)16-31-27(33)37-17-23(29-31)21-9-12-24(34-5)25(15-21)35-6/h7-12,15,18-19H,13-14,16-17H2,1-6H3,(H,28,32). The third-order valence-electron chi connectivity index (χ3n) is 5.94. The molecule has 0 atom stereocenters. The minimum Gasteiger partial charge on any atom is -0.493 e. The predicted molar refractivity (Wildman–Crippen MR) is 148 cm³/mol. The fraction of sp³-hybridized carbons (Fsp3) is 0.444. The molecule has 0 saturated carbocycles. The van der Waals surface area contributed by atoms with Crippen molar-refractivity contribution < 1.29 is 23.8 Å². The molecule has 200 valence electrons. The molecule has 0 saturated heterocycles. The van der Waals surface area contributed by atoms with Crippen molar-refractivity contribution in [3.63, 3.8) is 0 Å². The molecule has 0 spiro atoms. The Bertz CT molecular complexity index is 1100. The van der Waals surface area contributed by atoms with E-state index in [0.29, 0.717) is 54.7 Å². The summed E-state index contributed by atoms with van der Waals surface area (Å²) in [6, 6.07) is 13.6. The first-order valence-corrected chi connectivity index (χ1v) is 13.2. The summed E-state index contributed by atoms with van der Waals surface area (Å²) in [5, 5.41) is 8.67. The number of hydrazone groups is 1. The van der Waals surface area contributed by atoms with Crippen molar-refractivity contribution in [2.75, 3.05) is 38.4 Å². The summed E-state index contributed by atoms with van der Waals surface area (Å²) in [7, 11) is 3.17. The van der Waals surface area contributed by atoms with Crippen molar-refractivity contribution in [3.8, 4) is 11.5 Å². The fourth-order valence-corrected chi connectivity index (χ4v) is 4.79. The molecule has 0 bridgehead atoms. The monoisotopic (exact) mass is 528 g/mol. The smallest absolute Gasteiger partial charge is 0.411 e. The summed E-state index contributed by atoms with van der Waals surface area (Å²) in [6.45, 7) is 9.80. The summed E-state index contributed by atoms with van der Waals surface area (Å²) >= 11 is 1.20. The number of thioether (sulfide) groups is 1. The van der Waals surface area contributed by atoms with Crippen LogP contribution >= 0.6 is 11.8 Å². The number of amides is 2. The van der Waals surface area contributed by atoms with Gasteiger partial charge in [-0.1, -0.05) is 23.9 Å². The van der Waals surface area contributed by atoms with E-state index in [9.17, 15) is 9.59 Å². The number of benzene rings is 2. The second kappa shape index (κ2) is 13.3. The number of nitrogens with zero attached hydrogens (tertiary/aromatic N) is 3. The van der Waals surface area contributed by atoms with Crippen molar-refractivity contribution in [1.29, 1.82) is 0 Å². The van der Waals surface area contributed by atoms with E-state index in [-0.39, 0.29) is 5.24 Å². The van der Waals surface area contributed by atoms with Gasteiger partial charge in [0.1, 0.15) is 6.61 Å². The minimum atomic E-state index is -0.494. The normalized spacial score (nSPS) is 13.7. The largest absolute Gasteiger partial charge is 0.493 e. The molecule has 3 rings (SSSR count). The molecule has 2 aromatic carbocycles. The van der Waals surface area contributed by atoms with Crippen LogP contribution in [0.15, 0.2) is 47.6 Å². The maximum absolute atomic E-state index is 12.5. The minimum absolute atomic E-state index is 0.119. The second-order valence-corrected chi connectivity index (χ2v) is 10.0. The van der Waals surface area contributed by atoms with E-state index >= 15 is 0 Å². The average molecular weight is 529 g/mol. The molecule has 1 aliphatic heterocycles. The molecule has 0 aliphatic carbocycles. The van der Waals surface area contributed by atoms with Gasteiger partial charge in [-0.3, -0.25) is 15.0 Å². The Balaban J connectivity index is 1.58. The Morgan fingerprint density at radius 2 is 1.73 bits per heavy atom. The quantitative estimate of drug-likeness (QED) is 0.415. The zero-order chi connectivity index (χ0) is 26.9. The Morgan fingerprint density at radius 1 is 1.05 bits per heavy atom. The van der Waals surface area contributed by atoms with E-state index in [0.717, 1.165) is 16.8 Å². The second-order valence-electron chi connectivity index (χ2n) is 9.11. The number of anilines is 1. The molecule has 37 heavy (non-hydrogen) atoms. The number of carbonyl (C=O) groups is 2. The molecule has 9 nitrogen and oxygen atoms in total. The molecule has 10 heteroatoms. The summed E-state index contributed by atoms with van der Waals surface area (Å²) in [4.78, 5) is 27.0. The molecule has 1 heterocycles. The SMILES string of the molecule is COc1ccc(C2=NN(Cc3ccc(NC(=O)OCCN(C(C)C)C(C)C)cc3)C(=O)SC2)cc1OC. The molecule has 0 unspecified atom stereocenters. The van der Waals surface area contributed by atoms with Gasteiger partial charge in [0.25, 0.3) is 0 Å². The van der Waals surface area contributed by atoms with Crippen LogP contribution in [0.25, 0.3) is 0 Å². The molecule has 0 fully saturated rings. The van der Waals surface area contributed by atoms with Gasteiger partial charge in [0.05, 0.1) is 26.5 Å². The van der Waals surface area contributed by atoms with Crippen molar-refractivity contribution >= 4 is 34.5 Å². The molecule has 0 aromatic heterocycles. The third kappa shape index (κ3) is 7.87. The molecule has 0 radical (unpaired) electrons. The van der Waals surface area contributed by atoms with Gasteiger partial charge in [-0.05, 0) is 63.6 Å². The number of ether oxygens (including phenoxy) is 3. The molecule has 1 aliphatic rings. The third-order valence-corrected chi connectivity index (χ3v) is 6.82. The van der Waals surface area contributed by atoms with Crippen LogP contribution in [0.2, 0.25) is 0 Å². The van der Waals surface area contributed by atoms with E-state index in [1.165, 1.54) is 16.8 Å². The highest BCUT2D eigenvalue weighted by molar-refractivity contribution is 8.14. The van der Waals surface area contributed by atoms with Crippen molar-refractivity contribution in [3.05, 3.63) is 53.6 Å². The van der Waals surface area contributed by atoms with Crippen molar-refractivity contribution in [2.45, 2.75) is 46.3 Å². The zero-order valence-electron chi connectivity index (χ0n) is 22.3. The van der Waals surface area contributed by atoms with Crippen molar-refractivity contribution in [1.82, 2.24) is 9.91 Å². The number of hydrogen-bond acceptors (Lipinski definition) is 8. The Hall–Kier alpha value is -3.24. The highest BCUT2D eigenvalue weighted by Crippen LogP contribution is 2.30. The number of hydrogen-bond donors (Lipinski definition) is 1. The van der Waals surface area contributed by atoms with Crippen molar-refractivity contribution in [2.24, 2.45) is 5.10 Å². The summed E-state index contributed by atoms with van der Waals surface area (Å²) in [5.74, 6) is 1.71. The molecular weight excluding hydrogens is 492 g/mol. The van der Waals surface area contributed by atoms with Gasteiger partial charge in [-0.15, -0.1) is 0 Å². The van der Waals surface area contributed by atoms with Crippen LogP contribution in [0.1, 0.15) is 38.8 Å². The highest BCUT2D eigenvalue weighted by Gasteiger charge is 2.23. The first-order valence-electron chi connectivity index (χ1n) is 12.2. The lowest BCUT2D eigenvalue weighted by atomic mass is 10.1.